The molecular weight excluding hydrogens is 240 g/mol. The molecule has 1 fully saturated rings. The number of amides is 3. The summed E-state index contributed by atoms with van der Waals surface area (Å²) in [6, 6.07) is -1.17. The maximum absolute atomic E-state index is 11.9. The van der Waals surface area contributed by atoms with E-state index >= 15 is 0 Å². The molecule has 2 atom stereocenters. The lowest BCUT2D eigenvalue weighted by Crippen LogP contribution is -2.49. The van der Waals surface area contributed by atoms with Gasteiger partial charge in [-0.25, -0.2) is 9.59 Å². The first-order valence-electron chi connectivity index (χ1n) is 5.76. The van der Waals surface area contributed by atoms with Crippen LogP contribution in [0.15, 0.2) is 0 Å². The number of nitrogens with one attached hydrogen (secondary N) is 1. The van der Waals surface area contributed by atoms with Crippen LogP contribution in [0, 0.1) is 0 Å². The SMILES string of the molecule is CCCC1NC(=O)N(CC(C)(O)C(=O)OC)C1=O. The maximum atomic E-state index is 11.9. The lowest BCUT2D eigenvalue weighted by molar-refractivity contribution is -0.162. The number of rotatable bonds is 5. The molecule has 0 aromatic rings. The lowest BCUT2D eigenvalue weighted by Gasteiger charge is -2.24. The first-order chi connectivity index (χ1) is 8.33. The van der Waals surface area contributed by atoms with Crippen LogP contribution in [0.25, 0.3) is 0 Å². The topological polar surface area (TPSA) is 95.9 Å². The van der Waals surface area contributed by atoms with Crippen LogP contribution in [-0.2, 0) is 14.3 Å². The molecule has 0 aromatic carbocycles. The highest BCUT2D eigenvalue weighted by molar-refractivity contribution is 6.04. The predicted molar refractivity (Wildman–Crippen MR) is 61.6 cm³/mol. The summed E-state index contributed by atoms with van der Waals surface area (Å²) in [7, 11) is 1.13. The van der Waals surface area contributed by atoms with E-state index in [9.17, 15) is 19.5 Å². The fourth-order valence-electron chi connectivity index (χ4n) is 1.80. The molecule has 0 spiro atoms. The fourth-order valence-corrected chi connectivity index (χ4v) is 1.80. The number of carbonyl (C=O) groups is 3. The summed E-state index contributed by atoms with van der Waals surface area (Å²) in [5.41, 5.74) is -1.90. The van der Waals surface area contributed by atoms with E-state index in [0.29, 0.717) is 6.42 Å². The number of methoxy groups -OCH3 is 1. The second kappa shape index (κ2) is 5.34. The van der Waals surface area contributed by atoms with E-state index in [1.54, 1.807) is 0 Å². The molecule has 0 aliphatic carbocycles. The van der Waals surface area contributed by atoms with Crippen LogP contribution in [0.2, 0.25) is 0 Å². The number of hydrogen-bond donors (Lipinski definition) is 2. The second-order valence-corrected chi connectivity index (χ2v) is 4.48. The first kappa shape index (κ1) is 14.4. The number of carbonyl (C=O) groups excluding carboxylic acids is 3. The van der Waals surface area contributed by atoms with E-state index in [1.165, 1.54) is 6.92 Å². The zero-order chi connectivity index (χ0) is 13.9. The van der Waals surface area contributed by atoms with Crippen molar-refractivity contribution >= 4 is 17.9 Å². The Balaban J connectivity index is 2.76. The Labute approximate surface area is 105 Å². The molecule has 3 amide bonds. The highest BCUT2D eigenvalue weighted by Crippen LogP contribution is 2.16. The van der Waals surface area contributed by atoms with Crippen molar-refractivity contribution in [3.63, 3.8) is 0 Å². The lowest BCUT2D eigenvalue weighted by atomic mass is 10.1. The van der Waals surface area contributed by atoms with Crippen molar-refractivity contribution in [2.45, 2.75) is 38.3 Å². The average Bonchev–Trinajstić information content (AvgIpc) is 2.56. The van der Waals surface area contributed by atoms with Crippen LogP contribution in [0.5, 0.6) is 0 Å². The number of hydrogen-bond acceptors (Lipinski definition) is 5. The van der Waals surface area contributed by atoms with Crippen molar-refractivity contribution in [1.82, 2.24) is 10.2 Å². The molecule has 0 bridgehead atoms. The summed E-state index contributed by atoms with van der Waals surface area (Å²) in [6.07, 6.45) is 1.28. The maximum Gasteiger partial charge on any atom is 0.339 e. The Hall–Kier alpha value is -1.63. The zero-order valence-corrected chi connectivity index (χ0v) is 10.7. The number of nitrogens with zero attached hydrogens (tertiary/aromatic N) is 1. The van der Waals surface area contributed by atoms with Crippen molar-refractivity contribution < 1.29 is 24.2 Å². The molecule has 0 aromatic heterocycles. The van der Waals surface area contributed by atoms with Crippen molar-refractivity contribution in [3.05, 3.63) is 0 Å². The summed E-state index contributed by atoms with van der Waals surface area (Å²) < 4.78 is 4.41. The van der Waals surface area contributed by atoms with Gasteiger partial charge in [0.05, 0.1) is 13.7 Å². The minimum atomic E-state index is -1.90. The van der Waals surface area contributed by atoms with Crippen LogP contribution in [0.4, 0.5) is 4.79 Å². The summed E-state index contributed by atoms with van der Waals surface area (Å²) in [5, 5.41) is 12.4. The first-order valence-corrected chi connectivity index (χ1v) is 5.76. The largest absolute Gasteiger partial charge is 0.467 e. The van der Waals surface area contributed by atoms with Gasteiger partial charge < -0.3 is 15.2 Å². The standard InChI is InChI=1S/C11H18N2O5/c1-4-5-7-8(14)13(10(16)12-7)6-11(2,17)9(15)18-3/h7,17H,4-6H2,1-3H3,(H,12,16). The minimum absolute atomic E-state index is 0.412. The number of β-amino-alcohol motifs (C(OH)–C–C–N with tert-alkyl or cyclic N) is 1. The molecule has 1 saturated heterocycles. The molecule has 0 saturated carbocycles. The highest BCUT2D eigenvalue weighted by Gasteiger charge is 2.43. The van der Waals surface area contributed by atoms with Gasteiger partial charge in [-0.3, -0.25) is 9.69 Å². The molecule has 1 aliphatic heterocycles. The molecule has 2 unspecified atom stereocenters. The number of urea groups is 1. The monoisotopic (exact) mass is 258 g/mol. The van der Waals surface area contributed by atoms with Gasteiger partial charge in [-0.2, -0.15) is 0 Å². The van der Waals surface area contributed by atoms with Gasteiger partial charge in [0.15, 0.2) is 5.60 Å². The van der Waals surface area contributed by atoms with Crippen molar-refractivity contribution in [2.24, 2.45) is 0 Å². The summed E-state index contributed by atoms with van der Waals surface area (Å²) in [4.78, 5) is 35.6. The Kier molecular flexibility index (Phi) is 4.28. The molecule has 7 nitrogen and oxygen atoms in total. The van der Waals surface area contributed by atoms with E-state index in [2.05, 4.69) is 10.1 Å². The van der Waals surface area contributed by atoms with E-state index in [1.807, 2.05) is 6.92 Å². The minimum Gasteiger partial charge on any atom is -0.467 e. The molecule has 18 heavy (non-hydrogen) atoms. The van der Waals surface area contributed by atoms with Crippen LogP contribution < -0.4 is 5.32 Å². The summed E-state index contributed by atoms with van der Waals surface area (Å²) >= 11 is 0. The molecule has 2 N–H and O–H groups in total. The third kappa shape index (κ3) is 2.79. The highest BCUT2D eigenvalue weighted by atomic mass is 16.5. The third-order valence-corrected chi connectivity index (χ3v) is 2.78. The van der Waals surface area contributed by atoms with Gasteiger partial charge in [-0.15, -0.1) is 0 Å². The van der Waals surface area contributed by atoms with E-state index in [-0.39, 0.29) is 0 Å². The van der Waals surface area contributed by atoms with Crippen molar-refractivity contribution in [2.75, 3.05) is 13.7 Å². The van der Waals surface area contributed by atoms with Gasteiger partial charge in [0, 0.05) is 0 Å². The zero-order valence-electron chi connectivity index (χ0n) is 10.7. The number of ether oxygens (including phenoxy) is 1. The molecule has 1 aliphatic rings. The Bertz CT molecular complexity index is 366. The van der Waals surface area contributed by atoms with Crippen molar-refractivity contribution in [1.29, 1.82) is 0 Å². The third-order valence-electron chi connectivity index (χ3n) is 2.78. The van der Waals surface area contributed by atoms with Gasteiger partial charge in [0.1, 0.15) is 6.04 Å². The molecular formula is C11H18N2O5. The fraction of sp³-hybridized carbons (Fsp3) is 0.727. The van der Waals surface area contributed by atoms with Gasteiger partial charge in [0.2, 0.25) is 0 Å². The molecule has 0 radical (unpaired) electrons. The quantitative estimate of drug-likeness (QED) is 0.518. The van der Waals surface area contributed by atoms with Crippen LogP contribution >= 0.6 is 0 Å². The van der Waals surface area contributed by atoms with E-state index in [4.69, 9.17) is 0 Å². The van der Waals surface area contributed by atoms with E-state index in [0.717, 1.165) is 18.4 Å². The molecule has 1 rings (SSSR count). The summed E-state index contributed by atoms with van der Waals surface area (Å²) in [5.74, 6) is -1.31. The summed E-state index contributed by atoms with van der Waals surface area (Å²) in [6.45, 7) is 2.68. The number of aliphatic hydroxyl groups is 1. The molecule has 1 heterocycles. The van der Waals surface area contributed by atoms with Gasteiger partial charge in [-0.1, -0.05) is 13.3 Å². The molecule has 102 valence electrons. The van der Waals surface area contributed by atoms with Gasteiger partial charge >= 0.3 is 12.0 Å². The Morgan fingerprint density at radius 3 is 2.67 bits per heavy atom. The predicted octanol–water partition coefficient (Wildman–Crippen LogP) is -0.369. The average molecular weight is 258 g/mol. The van der Waals surface area contributed by atoms with E-state index < -0.39 is 36.1 Å². The smallest absolute Gasteiger partial charge is 0.339 e. The van der Waals surface area contributed by atoms with Gasteiger partial charge in [0.25, 0.3) is 5.91 Å². The molecule has 7 heteroatoms. The Morgan fingerprint density at radius 2 is 2.17 bits per heavy atom. The second-order valence-electron chi connectivity index (χ2n) is 4.48. The Morgan fingerprint density at radius 1 is 1.56 bits per heavy atom. The van der Waals surface area contributed by atoms with Gasteiger partial charge in [-0.05, 0) is 13.3 Å². The van der Waals surface area contributed by atoms with Crippen LogP contribution in [0.1, 0.15) is 26.7 Å². The van der Waals surface area contributed by atoms with Crippen LogP contribution in [0.3, 0.4) is 0 Å². The number of esters is 1. The number of imide groups is 1. The normalized spacial score (nSPS) is 22.7. The van der Waals surface area contributed by atoms with Crippen LogP contribution in [-0.4, -0.2) is 53.2 Å². The van der Waals surface area contributed by atoms with Crippen molar-refractivity contribution in [3.8, 4) is 0 Å².